The third-order valence-corrected chi connectivity index (χ3v) is 4.85. The summed E-state index contributed by atoms with van der Waals surface area (Å²) >= 11 is 0. The Morgan fingerprint density at radius 2 is 1.79 bits per heavy atom. The second kappa shape index (κ2) is 7.63. The van der Waals surface area contributed by atoms with Gasteiger partial charge in [0.2, 0.25) is 5.91 Å². The number of hydrogen-bond donors (Lipinski definition) is 2. The van der Waals surface area contributed by atoms with Gasteiger partial charge in [-0.15, -0.1) is 0 Å². The first-order valence-electron chi connectivity index (χ1n) is 9.13. The SMILES string of the molecule is NC(=O)c1cccc2c1c1c(OCC(=O)O)cncc1n2CCc1ccccc1. The number of aliphatic carboxylic acids is 1. The molecule has 0 saturated carbocycles. The molecule has 146 valence electrons. The first-order chi connectivity index (χ1) is 14.1. The van der Waals surface area contributed by atoms with Crippen molar-refractivity contribution in [3.05, 3.63) is 72.1 Å². The third-order valence-electron chi connectivity index (χ3n) is 4.85. The van der Waals surface area contributed by atoms with Gasteiger partial charge in [0.1, 0.15) is 5.75 Å². The van der Waals surface area contributed by atoms with Gasteiger partial charge in [-0.3, -0.25) is 9.78 Å². The maximum atomic E-state index is 12.1. The highest BCUT2D eigenvalue weighted by atomic mass is 16.5. The van der Waals surface area contributed by atoms with Crippen molar-refractivity contribution >= 4 is 33.7 Å². The molecule has 1 amide bonds. The molecule has 2 heterocycles. The van der Waals surface area contributed by atoms with E-state index in [1.165, 1.54) is 11.8 Å². The number of carboxylic acids is 1. The highest BCUT2D eigenvalue weighted by molar-refractivity contribution is 6.19. The number of benzene rings is 2. The average Bonchev–Trinajstić information content (AvgIpc) is 3.05. The van der Waals surface area contributed by atoms with Crippen molar-refractivity contribution in [1.82, 2.24) is 9.55 Å². The van der Waals surface area contributed by atoms with Crippen LogP contribution in [0.3, 0.4) is 0 Å². The van der Waals surface area contributed by atoms with Gasteiger partial charge in [-0.05, 0) is 24.1 Å². The molecular formula is C22H19N3O4. The molecule has 7 heteroatoms. The van der Waals surface area contributed by atoms with Crippen LogP contribution >= 0.6 is 0 Å². The number of carbonyl (C=O) groups is 2. The first kappa shape index (κ1) is 18.5. The Morgan fingerprint density at radius 3 is 2.52 bits per heavy atom. The Morgan fingerprint density at radius 1 is 1.00 bits per heavy atom. The molecule has 0 atom stereocenters. The number of ether oxygens (including phenoxy) is 1. The van der Waals surface area contributed by atoms with Gasteiger partial charge in [0.05, 0.1) is 28.8 Å². The zero-order chi connectivity index (χ0) is 20.4. The summed E-state index contributed by atoms with van der Waals surface area (Å²) in [6.07, 6.45) is 3.93. The molecule has 3 N–H and O–H groups in total. The molecule has 0 fully saturated rings. The van der Waals surface area contributed by atoms with Gasteiger partial charge in [0.15, 0.2) is 6.61 Å². The molecule has 7 nitrogen and oxygen atoms in total. The average molecular weight is 389 g/mol. The van der Waals surface area contributed by atoms with Gasteiger partial charge in [-0.1, -0.05) is 36.4 Å². The number of amides is 1. The van der Waals surface area contributed by atoms with E-state index in [9.17, 15) is 9.59 Å². The van der Waals surface area contributed by atoms with Crippen molar-refractivity contribution in [2.75, 3.05) is 6.61 Å². The number of rotatable bonds is 7. The maximum absolute atomic E-state index is 12.1. The summed E-state index contributed by atoms with van der Waals surface area (Å²) in [6, 6.07) is 15.4. The minimum absolute atomic E-state index is 0.307. The van der Waals surface area contributed by atoms with Gasteiger partial charge in [-0.25, -0.2) is 4.79 Å². The van der Waals surface area contributed by atoms with Crippen molar-refractivity contribution in [1.29, 1.82) is 0 Å². The minimum Gasteiger partial charge on any atom is -0.480 e. The lowest BCUT2D eigenvalue weighted by Gasteiger charge is -2.08. The predicted molar refractivity (Wildman–Crippen MR) is 109 cm³/mol. The number of carboxylic acid groups (broad SMARTS) is 1. The molecule has 4 aromatic rings. The lowest BCUT2D eigenvalue weighted by atomic mass is 10.1. The molecule has 2 aromatic carbocycles. The molecule has 0 radical (unpaired) electrons. The topological polar surface area (TPSA) is 107 Å². The maximum Gasteiger partial charge on any atom is 0.341 e. The van der Waals surface area contributed by atoms with Crippen molar-refractivity contribution in [3.8, 4) is 5.75 Å². The number of aromatic nitrogens is 2. The highest BCUT2D eigenvalue weighted by Crippen LogP contribution is 2.37. The largest absolute Gasteiger partial charge is 0.480 e. The lowest BCUT2D eigenvalue weighted by Crippen LogP contribution is -2.11. The molecular weight excluding hydrogens is 370 g/mol. The molecule has 0 bridgehead atoms. The molecule has 0 saturated heterocycles. The Bertz CT molecular complexity index is 1220. The monoisotopic (exact) mass is 389 g/mol. The van der Waals surface area contributed by atoms with Crippen molar-refractivity contribution in [2.24, 2.45) is 5.73 Å². The van der Waals surface area contributed by atoms with Gasteiger partial charge in [-0.2, -0.15) is 0 Å². The Balaban J connectivity index is 1.92. The zero-order valence-electron chi connectivity index (χ0n) is 15.5. The van der Waals surface area contributed by atoms with E-state index in [2.05, 4.69) is 21.7 Å². The molecule has 0 unspecified atom stereocenters. The van der Waals surface area contributed by atoms with Crippen LogP contribution in [0.2, 0.25) is 0 Å². The van der Waals surface area contributed by atoms with Crippen LogP contribution in [-0.2, 0) is 17.8 Å². The Hall–Kier alpha value is -3.87. The number of primary amides is 1. The standard InChI is InChI=1S/C22H19N3O4/c23-22(28)15-7-4-8-16-20(15)21-17(11-24-12-18(21)29-13-19(26)27)25(16)10-9-14-5-2-1-3-6-14/h1-8,11-12H,9-10,13H2,(H2,23,28)(H,26,27). The number of fused-ring (bicyclic) bond motifs is 3. The lowest BCUT2D eigenvalue weighted by molar-refractivity contribution is -0.139. The van der Waals surface area contributed by atoms with E-state index >= 15 is 0 Å². The fourth-order valence-electron chi connectivity index (χ4n) is 3.63. The minimum atomic E-state index is -1.09. The molecule has 0 aliphatic heterocycles. The van der Waals surface area contributed by atoms with Crippen molar-refractivity contribution < 1.29 is 19.4 Å². The third kappa shape index (κ3) is 3.50. The van der Waals surface area contributed by atoms with Crippen LogP contribution in [0.15, 0.2) is 60.9 Å². The van der Waals surface area contributed by atoms with Crippen LogP contribution in [0, 0.1) is 0 Å². The number of nitrogens with two attached hydrogens (primary N) is 1. The summed E-state index contributed by atoms with van der Waals surface area (Å²) in [5, 5.41) is 10.3. The summed E-state index contributed by atoms with van der Waals surface area (Å²) in [4.78, 5) is 27.3. The van der Waals surface area contributed by atoms with Crippen LogP contribution in [0.4, 0.5) is 0 Å². The molecule has 2 aromatic heterocycles. The number of nitrogens with zero attached hydrogens (tertiary/aromatic N) is 2. The molecule has 0 spiro atoms. The fraction of sp³-hybridized carbons (Fsp3) is 0.136. The number of hydrogen-bond acceptors (Lipinski definition) is 4. The van der Waals surface area contributed by atoms with Crippen molar-refractivity contribution in [2.45, 2.75) is 13.0 Å². The van der Waals surface area contributed by atoms with Crippen LogP contribution in [-0.4, -0.2) is 33.1 Å². The summed E-state index contributed by atoms with van der Waals surface area (Å²) in [6.45, 7) is 0.145. The quantitative estimate of drug-likeness (QED) is 0.505. The smallest absolute Gasteiger partial charge is 0.341 e. The van der Waals surface area contributed by atoms with Crippen LogP contribution in [0.25, 0.3) is 21.8 Å². The molecule has 0 aliphatic rings. The summed E-state index contributed by atoms with van der Waals surface area (Å²) in [5.74, 6) is -1.34. The molecule has 29 heavy (non-hydrogen) atoms. The van der Waals surface area contributed by atoms with E-state index in [0.717, 1.165) is 17.5 Å². The van der Waals surface area contributed by atoms with E-state index in [1.807, 2.05) is 24.3 Å². The zero-order valence-corrected chi connectivity index (χ0v) is 15.5. The number of carbonyl (C=O) groups excluding carboxylic acids is 1. The van der Waals surface area contributed by atoms with Gasteiger partial charge in [0, 0.05) is 17.5 Å². The Labute approximate surface area is 166 Å². The van der Waals surface area contributed by atoms with Crippen LogP contribution in [0.1, 0.15) is 15.9 Å². The second-order valence-electron chi connectivity index (χ2n) is 6.67. The van der Waals surface area contributed by atoms with Crippen LogP contribution in [0.5, 0.6) is 5.75 Å². The second-order valence-corrected chi connectivity index (χ2v) is 6.67. The van der Waals surface area contributed by atoms with E-state index in [0.29, 0.717) is 28.6 Å². The van der Waals surface area contributed by atoms with E-state index in [-0.39, 0.29) is 0 Å². The summed E-state index contributed by atoms with van der Waals surface area (Å²) < 4.78 is 7.53. The van der Waals surface area contributed by atoms with Crippen molar-refractivity contribution in [3.63, 3.8) is 0 Å². The highest BCUT2D eigenvalue weighted by Gasteiger charge is 2.20. The van der Waals surface area contributed by atoms with Crippen LogP contribution < -0.4 is 10.5 Å². The summed E-state index contributed by atoms with van der Waals surface area (Å²) in [7, 11) is 0. The van der Waals surface area contributed by atoms with Gasteiger partial charge < -0.3 is 20.1 Å². The normalized spacial score (nSPS) is 11.0. The molecule has 0 aliphatic carbocycles. The first-order valence-corrected chi connectivity index (χ1v) is 9.13. The van der Waals surface area contributed by atoms with Gasteiger partial charge in [0.25, 0.3) is 0 Å². The predicted octanol–water partition coefficient (Wildman–Crippen LogP) is 2.99. The van der Waals surface area contributed by atoms with Gasteiger partial charge >= 0.3 is 5.97 Å². The van der Waals surface area contributed by atoms with E-state index in [1.54, 1.807) is 18.3 Å². The van der Waals surface area contributed by atoms with E-state index in [4.69, 9.17) is 15.6 Å². The Kier molecular flexibility index (Phi) is 4.87. The fourth-order valence-corrected chi connectivity index (χ4v) is 3.63. The molecule has 4 rings (SSSR count). The summed E-state index contributed by atoms with van der Waals surface area (Å²) in [5.41, 5.74) is 8.73. The number of aryl methyl sites for hydroxylation is 2. The number of pyridine rings is 1. The van der Waals surface area contributed by atoms with E-state index < -0.39 is 18.5 Å².